The zero-order valence-electron chi connectivity index (χ0n) is 60.6. The van der Waals surface area contributed by atoms with Gasteiger partial charge in [0.25, 0.3) is 17.7 Å². The molecular weight excluding hydrogens is 1300 g/mol. The Bertz CT molecular complexity index is 3280. The number of amides is 9. The Kier molecular flexibility index (Phi) is 26.8. The summed E-state index contributed by atoms with van der Waals surface area (Å²) < 4.78 is 0. The zero-order valence-corrected chi connectivity index (χ0v) is 61.4. The lowest BCUT2D eigenvalue weighted by Crippen LogP contribution is -2.62. The van der Waals surface area contributed by atoms with E-state index in [1.165, 1.54) is 24.7 Å². The molecule has 6 aliphatic carbocycles. The first-order valence-electron chi connectivity index (χ1n) is 36.2. The monoisotopic (exact) mass is 1410 g/mol. The van der Waals surface area contributed by atoms with Gasteiger partial charge in [-0.15, -0.1) is 12.4 Å². The standard InChI is InChI=1S/C37H54N6O6.C31H51N5O5.C6H5NO2.ClH/c1-7-12-25(29(44)34(48)39-23-16-17-23)40-33(47)28-26-24(37(26,5)6)20-43(28)35(49)30(36(2,3)4)42-32(46)27(21-13-9-8-10-14-21)41-31(45)22-15-11-18-38-19-22;1-7-11-20(24(37)28(40)33-18-14-15-18)34-27(39)23-21-19(31(21,5)6)16-36(23)29(41)25(30(2,3)4)35-26(38)22(32)17-12-9-8-10-13-17;8-6(9)5-2-1-3-7-4-5;/h11,15,18-19,21,23-28,30H,7-10,12-14,16-17,20H2,1-6H3,(H,39,48)(H,40,47)(H,41,45)(H,42,46);17-23,25H,7-16,32H2,1-6H3,(H,33,40)(H,34,39)(H,35,38);1-4H,(H,8,9);1H/t24-,25-,26-,27-,28-,30+;19-,20-,21-,22-,23-,25+;;/m00../s1. The number of halogens is 1. The molecule has 4 heterocycles. The van der Waals surface area contributed by atoms with Crippen LogP contribution in [-0.2, 0) is 47.9 Å². The van der Waals surface area contributed by atoms with E-state index < -0.39 is 112 Å². The molecular formula is C74H111ClN12O13. The van der Waals surface area contributed by atoms with E-state index in [2.05, 4.69) is 74.9 Å². The molecule has 100 heavy (non-hydrogen) atoms. The van der Waals surface area contributed by atoms with E-state index in [1.54, 1.807) is 34.2 Å². The number of carbonyl (C=O) groups is 12. The fourth-order valence-electron chi connectivity index (χ4n) is 15.4. The number of carboxylic acids is 1. The molecule has 2 aromatic heterocycles. The van der Waals surface area contributed by atoms with Gasteiger partial charge in [-0.05, 0) is 146 Å². The number of carboxylic acid groups (broad SMARTS) is 1. The van der Waals surface area contributed by atoms with E-state index in [-0.39, 0.29) is 94.1 Å². The minimum atomic E-state index is -0.994. The summed E-state index contributed by atoms with van der Waals surface area (Å²) in [5, 5.41) is 28.4. The molecule has 0 bridgehead atoms. The number of ketones is 2. The molecule has 6 saturated carbocycles. The van der Waals surface area contributed by atoms with Crippen molar-refractivity contribution < 1.29 is 62.6 Å². The van der Waals surface area contributed by atoms with E-state index in [4.69, 9.17) is 10.8 Å². The lowest BCUT2D eigenvalue weighted by Gasteiger charge is -2.39. The second-order valence-corrected chi connectivity index (χ2v) is 32.4. The number of nitrogens with two attached hydrogens (primary N) is 1. The van der Waals surface area contributed by atoms with E-state index >= 15 is 0 Å². The van der Waals surface area contributed by atoms with Crippen LogP contribution in [0.1, 0.15) is 219 Å². The van der Waals surface area contributed by atoms with Crippen molar-refractivity contribution in [1.29, 1.82) is 0 Å². The SMILES string of the molecule is CCC[C@H](NC(=O)[C@@H]1[C@@H]2[C@H](CN1C(=O)[C@@H](NC(=O)[C@@H](N)C1CCCCC1)C(C)(C)C)C2(C)C)C(=O)C(=O)NC1CC1.CCC[C@H](NC(=O)[C@@H]1[C@@H]2[C@H](CN1C(=O)[C@@H](NC(=O)[C@@H](NC(=O)c1cccnc1)C1CCCCC1)C(C)(C)C)C2(C)C)C(=O)C(=O)NC1CC1.Cl.O=C(O)c1cccnc1. The van der Waals surface area contributed by atoms with E-state index in [0.29, 0.717) is 44.3 Å². The summed E-state index contributed by atoms with van der Waals surface area (Å²) in [6.07, 6.45) is 20.7. The third-order valence-corrected chi connectivity index (χ3v) is 22.0. The van der Waals surface area contributed by atoms with Crippen LogP contribution in [0.3, 0.4) is 0 Å². The molecule has 0 aromatic carbocycles. The van der Waals surface area contributed by atoms with Crippen LogP contribution in [0.2, 0.25) is 0 Å². The van der Waals surface area contributed by atoms with Gasteiger partial charge in [-0.1, -0.05) is 134 Å². The predicted molar refractivity (Wildman–Crippen MR) is 376 cm³/mol. The summed E-state index contributed by atoms with van der Waals surface area (Å²) in [6.45, 7) is 24.1. The van der Waals surface area contributed by atoms with Gasteiger partial charge >= 0.3 is 5.97 Å². The Morgan fingerprint density at radius 3 is 1.29 bits per heavy atom. The van der Waals surface area contributed by atoms with E-state index in [0.717, 1.165) is 89.9 Å². The Morgan fingerprint density at radius 1 is 0.550 bits per heavy atom. The zero-order chi connectivity index (χ0) is 72.6. The molecule has 2 aliphatic heterocycles. The molecule has 25 nitrogen and oxygen atoms in total. The first-order valence-corrected chi connectivity index (χ1v) is 36.2. The number of piperidine rings is 2. The summed E-state index contributed by atoms with van der Waals surface area (Å²) in [5.74, 6) is -6.31. The summed E-state index contributed by atoms with van der Waals surface area (Å²) in [4.78, 5) is 169. The number of hydrogen-bond acceptors (Lipinski definition) is 15. The summed E-state index contributed by atoms with van der Waals surface area (Å²) in [6, 6.07) is -0.526. The molecule has 9 amide bonds. The van der Waals surface area contributed by atoms with Crippen LogP contribution in [0.15, 0.2) is 49.1 Å². The van der Waals surface area contributed by atoms with Crippen molar-refractivity contribution in [3.05, 3.63) is 60.2 Å². The van der Waals surface area contributed by atoms with Crippen LogP contribution < -0.4 is 43.0 Å². The highest BCUT2D eigenvalue weighted by Gasteiger charge is 2.71. The number of aromatic nitrogens is 2. The molecule has 2 aromatic rings. The second-order valence-electron chi connectivity index (χ2n) is 32.4. The number of hydrogen-bond donors (Lipinski definition) is 9. The van der Waals surface area contributed by atoms with Gasteiger partial charge in [0.1, 0.15) is 30.2 Å². The lowest BCUT2D eigenvalue weighted by atomic mass is 9.82. The number of nitrogens with one attached hydrogen (secondary N) is 7. The lowest BCUT2D eigenvalue weighted by molar-refractivity contribution is -0.147. The van der Waals surface area contributed by atoms with Gasteiger partial charge in [-0.3, -0.25) is 62.7 Å². The molecule has 0 spiro atoms. The number of likely N-dealkylation sites (tertiary alicyclic amines) is 2. The average molecular weight is 1410 g/mol. The van der Waals surface area contributed by atoms with Gasteiger partial charge in [0, 0.05) is 50.0 Å². The molecule has 10 N–H and O–H groups in total. The number of pyridine rings is 2. The normalized spacial score (nSPS) is 24.3. The van der Waals surface area contributed by atoms with Crippen molar-refractivity contribution >= 4 is 83.1 Å². The molecule has 552 valence electrons. The largest absolute Gasteiger partial charge is 0.478 e. The van der Waals surface area contributed by atoms with Crippen molar-refractivity contribution in [2.45, 2.75) is 259 Å². The van der Waals surface area contributed by atoms with Gasteiger partial charge < -0.3 is 57.9 Å². The highest BCUT2D eigenvalue weighted by Crippen LogP contribution is 2.66. The third kappa shape index (κ3) is 19.6. The first kappa shape index (κ1) is 79.9. The molecule has 0 unspecified atom stereocenters. The number of carbonyl (C=O) groups excluding carboxylic acids is 11. The van der Waals surface area contributed by atoms with Gasteiger partial charge in [-0.2, -0.15) is 0 Å². The minimum Gasteiger partial charge on any atom is -0.478 e. The molecule has 10 rings (SSSR count). The van der Waals surface area contributed by atoms with Crippen molar-refractivity contribution in [2.24, 2.45) is 62.9 Å². The maximum atomic E-state index is 14.5. The van der Waals surface area contributed by atoms with Crippen LogP contribution in [0.4, 0.5) is 0 Å². The predicted octanol–water partition coefficient (Wildman–Crippen LogP) is 6.15. The van der Waals surface area contributed by atoms with Crippen molar-refractivity contribution in [3.63, 3.8) is 0 Å². The fourth-order valence-corrected chi connectivity index (χ4v) is 15.4. The Labute approximate surface area is 595 Å². The highest BCUT2D eigenvalue weighted by atomic mass is 35.5. The number of nitrogens with zero attached hydrogens (tertiary/aromatic N) is 4. The van der Waals surface area contributed by atoms with Crippen LogP contribution in [0, 0.1) is 57.2 Å². The number of rotatable bonds is 25. The molecule has 0 radical (unpaired) electrons. The number of Topliss-reactive ketones (excluding diaryl/α,β-unsaturated/α-hetero) is 2. The van der Waals surface area contributed by atoms with Crippen LogP contribution in [0.25, 0.3) is 0 Å². The van der Waals surface area contributed by atoms with Crippen LogP contribution in [0.5, 0.6) is 0 Å². The topological polar surface area (TPSA) is 368 Å². The summed E-state index contributed by atoms with van der Waals surface area (Å²) in [7, 11) is 0. The fraction of sp³-hybridized carbons (Fsp3) is 0.703. The molecule has 8 fully saturated rings. The van der Waals surface area contributed by atoms with Gasteiger partial charge in [0.2, 0.25) is 47.0 Å². The van der Waals surface area contributed by atoms with Gasteiger partial charge in [-0.25, -0.2) is 4.79 Å². The molecule has 12 atom stereocenters. The Balaban J connectivity index is 0.000000250. The maximum absolute atomic E-state index is 14.5. The number of aromatic carboxylic acids is 1. The first-order chi connectivity index (χ1) is 46.6. The quantitative estimate of drug-likeness (QED) is 0.0503. The van der Waals surface area contributed by atoms with Crippen molar-refractivity contribution in [3.8, 4) is 0 Å². The van der Waals surface area contributed by atoms with Crippen LogP contribution in [-0.4, -0.2) is 169 Å². The summed E-state index contributed by atoms with van der Waals surface area (Å²) in [5.41, 5.74) is 5.28. The third-order valence-electron chi connectivity index (χ3n) is 22.0. The minimum absolute atomic E-state index is 0. The van der Waals surface area contributed by atoms with Crippen LogP contribution >= 0.6 is 12.4 Å². The van der Waals surface area contributed by atoms with E-state index in [9.17, 15) is 57.5 Å². The average Bonchev–Trinajstić information content (AvgIpc) is 1.53. The molecule has 2 saturated heterocycles. The second kappa shape index (κ2) is 33.6. The van der Waals surface area contributed by atoms with Crippen molar-refractivity contribution in [2.75, 3.05) is 13.1 Å². The number of fused-ring (bicyclic) bond motifs is 2. The van der Waals surface area contributed by atoms with Gasteiger partial charge in [0.05, 0.1) is 29.3 Å². The smallest absolute Gasteiger partial charge is 0.337 e. The summed E-state index contributed by atoms with van der Waals surface area (Å²) >= 11 is 0. The Hall–Kier alpha value is -7.41. The highest BCUT2D eigenvalue weighted by molar-refractivity contribution is 6.39. The molecule has 8 aliphatic rings. The van der Waals surface area contributed by atoms with E-state index in [1.807, 2.05) is 55.4 Å². The van der Waals surface area contributed by atoms with Gasteiger partial charge in [0.15, 0.2) is 0 Å². The molecule has 26 heteroatoms. The van der Waals surface area contributed by atoms with Crippen molar-refractivity contribution in [1.82, 2.24) is 57.0 Å². The maximum Gasteiger partial charge on any atom is 0.337 e. The Morgan fingerprint density at radius 2 is 0.940 bits per heavy atom.